The van der Waals surface area contributed by atoms with Crippen LogP contribution in [0.3, 0.4) is 0 Å². The van der Waals surface area contributed by atoms with Gasteiger partial charge in [0.25, 0.3) is 0 Å². The Balaban J connectivity index is 1.70. The zero-order valence-corrected chi connectivity index (χ0v) is 17.5. The molecule has 0 unspecified atom stereocenters. The molecule has 9 nitrogen and oxygen atoms in total. The topological polar surface area (TPSA) is 109 Å². The average Bonchev–Trinajstić information content (AvgIpc) is 2.71. The van der Waals surface area contributed by atoms with Gasteiger partial charge in [-0.25, -0.2) is 4.79 Å². The molecule has 3 rings (SSSR count). The number of hydrogen-bond acceptors (Lipinski definition) is 6. The summed E-state index contributed by atoms with van der Waals surface area (Å²) in [6.45, 7) is 2.98. The Morgan fingerprint density at radius 2 is 2.13 bits per heavy atom. The van der Waals surface area contributed by atoms with Gasteiger partial charge >= 0.3 is 6.03 Å². The number of aliphatic hydroxyl groups excluding tert-OH is 1. The Kier molecular flexibility index (Phi) is 7.89. The highest BCUT2D eigenvalue weighted by Gasteiger charge is 2.40. The first-order valence-electron chi connectivity index (χ1n) is 10.4. The summed E-state index contributed by atoms with van der Waals surface area (Å²) < 4.78 is 16.9. The van der Waals surface area contributed by atoms with Crippen LogP contribution < -0.4 is 15.4 Å². The number of amides is 3. The number of nitrogens with one attached hydrogen (secondary N) is 2. The number of aliphatic hydroxyl groups is 1. The standard InChI is InChI=1S/C21H31N3O6/c1-3-22-20(26)10-17-7-8-18-19(30-17)13-29-12-15(25)11-24(18)21(27)23-14-5-4-6-16(9-14)28-2/h4-6,9,15,17-19,25H,3,7-8,10-13H2,1-2H3,(H,22,26)(H,23,27)/t15-,17+,18+,19-/m1/s1. The number of methoxy groups -OCH3 is 1. The Morgan fingerprint density at radius 1 is 1.30 bits per heavy atom. The maximum Gasteiger partial charge on any atom is 0.322 e. The highest BCUT2D eigenvalue weighted by Crippen LogP contribution is 2.28. The van der Waals surface area contributed by atoms with Crippen molar-refractivity contribution in [1.82, 2.24) is 10.2 Å². The SMILES string of the molecule is CCNC(=O)C[C@@H]1CC[C@H]2[C@@H](COC[C@H](O)CN2C(=O)Nc2cccc(OC)c2)O1. The van der Waals surface area contributed by atoms with Crippen LogP contribution in [0.15, 0.2) is 24.3 Å². The van der Waals surface area contributed by atoms with Crippen molar-refractivity contribution in [3.05, 3.63) is 24.3 Å². The average molecular weight is 421 g/mol. The zero-order chi connectivity index (χ0) is 21.5. The van der Waals surface area contributed by atoms with Gasteiger partial charge in [0, 0.05) is 18.3 Å². The fourth-order valence-corrected chi connectivity index (χ4v) is 3.95. The molecule has 2 fully saturated rings. The lowest BCUT2D eigenvalue weighted by molar-refractivity contribution is -0.149. The van der Waals surface area contributed by atoms with Gasteiger partial charge in [0.2, 0.25) is 5.91 Å². The number of β-amino-alcohol motifs (C(OH)–C–C–N with tert-alkyl or cyclic N) is 1. The molecule has 3 N–H and O–H groups in total. The van der Waals surface area contributed by atoms with Gasteiger partial charge in [-0.05, 0) is 31.9 Å². The van der Waals surface area contributed by atoms with Crippen molar-refractivity contribution in [2.45, 2.75) is 50.5 Å². The molecule has 1 aromatic carbocycles. The van der Waals surface area contributed by atoms with E-state index in [1.807, 2.05) is 6.92 Å². The van der Waals surface area contributed by atoms with Crippen molar-refractivity contribution in [2.75, 3.05) is 38.7 Å². The second-order valence-corrected chi connectivity index (χ2v) is 7.60. The van der Waals surface area contributed by atoms with Gasteiger partial charge in [0.1, 0.15) is 11.9 Å². The molecule has 2 aliphatic rings. The van der Waals surface area contributed by atoms with E-state index in [9.17, 15) is 14.7 Å². The molecule has 0 aromatic heterocycles. The minimum atomic E-state index is -0.782. The molecule has 0 bridgehead atoms. The normalized spacial score (nSPS) is 26.7. The third kappa shape index (κ3) is 5.84. The van der Waals surface area contributed by atoms with E-state index in [1.165, 1.54) is 0 Å². The van der Waals surface area contributed by atoms with Crippen LogP contribution >= 0.6 is 0 Å². The van der Waals surface area contributed by atoms with Crippen LogP contribution in [0, 0.1) is 0 Å². The number of fused-ring (bicyclic) bond motifs is 1. The van der Waals surface area contributed by atoms with Crippen molar-refractivity contribution in [3.63, 3.8) is 0 Å². The Hall–Kier alpha value is -2.36. The molecule has 0 aliphatic carbocycles. The summed E-state index contributed by atoms with van der Waals surface area (Å²) in [6, 6.07) is 6.54. The van der Waals surface area contributed by atoms with Crippen LogP contribution in [-0.2, 0) is 14.3 Å². The molecule has 2 aliphatic heterocycles. The summed E-state index contributed by atoms with van der Waals surface area (Å²) >= 11 is 0. The molecule has 166 valence electrons. The van der Waals surface area contributed by atoms with Gasteiger partial charge in [0.05, 0.1) is 51.5 Å². The number of carbonyl (C=O) groups is 2. The van der Waals surface area contributed by atoms with E-state index in [1.54, 1.807) is 36.3 Å². The lowest BCUT2D eigenvalue weighted by Crippen LogP contribution is -2.58. The fourth-order valence-electron chi connectivity index (χ4n) is 3.95. The smallest absolute Gasteiger partial charge is 0.322 e. The molecule has 0 saturated carbocycles. The summed E-state index contributed by atoms with van der Waals surface area (Å²) in [5.41, 5.74) is 0.606. The van der Waals surface area contributed by atoms with Crippen LogP contribution in [-0.4, -0.2) is 79.7 Å². The Labute approximate surface area is 176 Å². The second-order valence-electron chi connectivity index (χ2n) is 7.60. The third-order valence-corrected chi connectivity index (χ3v) is 5.35. The molecule has 2 saturated heterocycles. The van der Waals surface area contributed by atoms with Crippen molar-refractivity contribution >= 4 is 17.6 Å². The van der Waals surface area contributed by atoms with E-state index in [4.69, 9.17) is 14.2 Å². The molecule has 0 spiro atoms. The van der Waals surface area contributed by atoms with Crippen molar-refractivity contribution in [2.24, 2.45) is 0 Å². The number of benzene rings is 1. The summed E-state index contributed by atoms with van der Waals surface area (Å²) in [7, 11) is 1.57. The maximum absolute atomic E-state index is 13.1. The van der Waals surface area contributed by atoms with Crippen LogP contribution in [0.25, 0.3) is 0 Å². The Morgan fingerprint density at radius 3 is 2.90 bits per heavy atom. The molecular weight excluding hydrogens is 390 g/mol. The summed E-state index contributed by atoms with van der Waals surface area (Å²) in [6.07, 6.45) is 0.245. The van der Waals surface area contributed by atoms with Crippen molar-refractivity contribution < 1.29 is 28.9 Å². The lowest BCUT2D eigenvalue weighted by Gasteiger charge is -2.44. The molecule has 3 amide bonds. The van der Waals surface area contributed by atoms with Crippen molar-refractivity contribution in [3.8, 4) is 5.75 Å². The summed E-state index contributed by atoms with van der Waals surface area (Å²) in [5.74, 6) is 0.594. The minimum absolute atomic E-state index is 0.0456. The van der Waals surface area contributed by atoms with E-state index >= 15 is 0 Å². The molecule has 9 heteroatoms. The van der Waals surface area contributed by atoms with Crippen molar-refractivity contribution in [1.29, 1.82) is 0 Å². The van der Waals surface area contributed by atoms with Crippen LogP contribution in [0.4, 0.5) is 10.5 Å². The quantitative estimate of drug-likeness (QED) is 0.662. The number of rotatable bonds is 5. The predicted molar refractivity (Wildman–Crippen MR) is 111 cm³/mol. The number of carbonyl (C=O) groups excluding carboxylic acids is 2. The van der Waals surface area contributed by atoms with Crippen LogP contribution in [0.2, 0.25) is 0 Å². The monoisotopic (exact) mass is 421 g/mol. The molecule has 1 aromatic rings. The highest BCUT2D eigenvalue weighted by molar-refractivity contribution is 5.89. The summed E-state index contributed by atoms with van der Waals surface area (Å²) in [5, 5.41) is 15.9. The van der Waals surface area contributed by atoms with Gasteiger partial charge in [0.15, 0.2) is 0 Å². The van der Waals surface area contributed by atoms with Gasteiger partial charge < -0.3 is 34.9 Å². The fraction of sp³-hybridized carbons (Fsp3) is 0.619. The summed E-state index contributed by atoms with van der Waals surface area (Å²) in [4.78, 5) is 26.6. The number of urea groups is 1. The molecule has 4 atom stereocenters. The van der Waals surface area contributed by atoms with Crippen LogP contribution in [0.1, 0.15) is 26.2 Å². The minimum Gasteiger partial charge on any atom is -0.497 e. The van der Waals surface area contributed by atoms with E-state index in [0.29, 0.717) is 30.8 Å². The van der Waals surface area contributed by atoms with E-state index in [0.717, 1.165) is 0 Å². The van der Waals surface area contributed by atoms with Gasteiger partial charge in [-0.15, -0.1) is 0 Å². The Bertz CT molecular complexity index is 730. The van der Waals surface area contributed by atoms with E-state index < -0.39 is 6.10 Å². The predicted octanol–water partition coefficient (Wildman–Crippen LogP) is 1.36. The maximum atomic E-state index is 13.1. The second kappa shape index (κ2) is 10.6. The largest absolute Gasteiger partial charge is 0.497 e. The first-order valence-corrected chi connectivity index (χ1v) is 10.4. The van der Waals surface area contributed by atoms with Gasteiger partial charge in [-0.1, -0.05) is 6.07 Å². The molecular formula is C21H31N3O6. The number of anilines is 1. The highest BCUT2D eigenvalue weighted by atomic mass is 16.5. The first-order chi connectivity index (χ1) is 14.5. The third-order valence-electron chi connectivity index (χ3n) is 5.35. The van der Waals surface area contributed by atoms with Gasteiger partial charge in [-0.2, -0.15) is 0 Å². The first kappa shape index (κ1) is 22.3. The number of hydrogen-bond donors (Lipinski definition) is 3. The van der Waals surface area contributed by atoms with E-state index in [-0.39, 0.29) is 56.4 Å². The number of nitrogens with zero attached hydrogens (tertiary/aromatic N) is 1. The molecule has 30 heavy (non-hydrogen) atoms. The van der Waals surface area contributed by atoms with Gasteiger partial charge in [-0.3, -0.25) is 4.79 Å². The van der Waals surface area contributed by atoms with E-state index in [2.05, 4.69) is 10.6 Å². The zero-order valence-electron chi connectivity index (χ0n) is 17.5. The molecule has 2 heterocycles. The van der Waals surface area contributed by atoms with Crippen LogP contribution in [0.5, 0.6) is 5.75 Å². The molecule has 0 radical (unpaired) electrons. The lowest BCUT2D eigenvalue weighted by atomic mass is 9.95. The number of ether oxygens (including phenoxy) is 3.